The molecule has 23 heavy (non-hydrogen) atoms. The highest BCUT2D eigenvalue weighted by Crippen LogP contribution is 2.19. The molecule has 1 saturated heterocycles. The molecule has 1 amide bonds. The van der Waals surface area contributed by atoms with Gasteiger partial charge in [0.15, 0.2) is 0 Å². The molecule has 1 heterocycles. The van der Waals surface area contributed by atoms with Crippen LogP contribution in [0.1, 0.15) is 12.8 Å². The second-order valence-corrected chi connectivity index (χ2v) is 7.52. The number of carbonyl (C=O) groups is 1. The maximum atomic E-state index is 13.0. The average molecular weight is 344 g/mol. The van der Waals surface area contributed by atoms with Crippen molar-refractivity contribution in [1.82, 2.24) is 9.62 Å². The first-order valence-electron chi connectivity index (χ1n) is 7.47. The fourth-order valence-electron chi connectivity index (χ4n) is 2.49. The molecule has 0 aliphatic carbocycles. The van der Waals surface area contributed by atoms with E-state index in [2.05, 4.69) is 5.32 Å². The van der Waals surface area contributed by atoms with E-state index < -0.39 is 10.0 Å². The van der Waals surface area contributed by atoms with Crippen molar-refractivity contribution in [1.29, 1.82) is 0 Å². The first-order chi connectivity index (χ1) is 10.9. The van der Waals surface area contributed by atoms with Crippen molar-refractivity contribution >= 4 is 15.9 Å². The molecule has 1 aliphatic rings. The molecular formula is C15H21FN2O4S. The minimum Gasteiger partial charge on any atom is -0.492 e. The molecule has 0 saturated carbocycles. The molecule has 6 nitrogen and oxygen atoms in total. The highest BCUT2D eigenvalue weighted by atomic mass is 32.2. The van der Waals surface area contributed by atoms with Crippen LogP contribution in [-0.4, -0.2) is 51.1 Å². The molecule has 0 aromatic heterocycles. The summed E-state index contributed by atoms with van der Waals surface area (Å²) in [4.78, 5) is 12.0. The number of carbonyl (C=O) groups excluding carboxylic acids is 1. The number of benzene rings is 1. The van der Waals surface area contributed by atoms with Gasteiger partial charge in [-0.2, -0.15) is 0 Å². The number of halogens is 1. The van der Waals surface area contributed by atoms with E-state index in [9.17, 15) is 17.6 Å². The lowest BCUT2D eigenvalue weighted by Gasteiger charge is -2.29. The van der Waals surface area contributed by atoms with Crippen LogP contribution < -0.4 is 10.1 Å². The van der Waals surface area contributed by atoms with Crippen molar-refractivity contribution in [2.24, 2.45) is 5.92 Å². The number of hydrogen-bond donors (Lipinski definition) is 1. The minimum absolute atomic E-state index is 0.0963. The van der Waals surface area contributed by atoms with Crippen LogP contribution in [0.4, 0.5) is 4.39 Å². The zero-order chi connectivity index (χ0) is 16.9. The summed E-state index contributed by atoms with van der Waals surface area (Å²) >= 11 is 0. The van der Waals surface area contributed by atoms with Crippen molar-refractivity contribution in [2.75, 3.05) is 32.5 Å². The van der Waals surface area contributed by atoms with Gasteiger partial charge in [-0.05, 0) is 25.0 Å². The van der Waals surface area contributed by atoms with Gasteiger partial charge in [0.25, 0.3) is 0 Å². The Morgan fingerprint density at radius 1 is 1.39 bits per heavy atom. The largest absolute Gasteiger partial charge is 0.492 e. The van der Waals surface area contributed by atoms with E-state index in [4.69, 9.17) is 4.74 Å². The van der Waals surface area contributed by atoms with Crippen LogP contribution in [-0.2, 0) is 14.8 Å². The summed E-state index contributed by atoms with van der Waals surface area (Å²) in [6, 6.07) is 5.81. The molecule has 1 aromatic carbocycles. The Balaban J connectivity index is 1.68. The number of nitrogens with one attached hydrogen (secondary N) is 1. The number of nitrogens with zero attached hydrogens (tertiary/aromatic N) is 1. The molecule has 1 aromatic rings. The number of ether oxygens (including phenoxy) is 1. The molecule has 128 valence electrons. The zero-order valence-corrected chi connectivity index (χ0v) is 13.8. The van der Waals surface area contributed by atoms with Gasteiger partial charge in [0.2, 0.25) is 15.9 Å². The Morgan fingerprint density at radius 3 is 2.70 bits per heavy atom. The Morgan fingerprint density at radius 2 is 2.09 bits per heavy atom. The molecule has 0 bridgehead atoms. The number of hydrogen-bond acceptors (Lipinski definition) is 4. The van der Waals surface area contributed by atoms with Gasteiger partial charge in [0.05, 0.1) is 12.8 Å². The van der Waals surface area contributed by atoms with E-state index in [1.807, 2.05) is 0 Å². The van der Waals surface area contributed by atoms with Gasteiger partial charge < -0.3 is 10.1 Å². The highest BCUT2D eigenvalue weighted by molar-refractivity contribution is 7.88. The molecule has 8 heteroatoms. The quantitative estimate of drug-likeness (QED) is 0.781. The van der Waals surface area contributed by atoms with Gasteiger partial charge in [-0.1, -0.05) is 6.07 Å². The minimum atomic E-state index is -3.18. The second-order valence-electron chi connectivity index (χ2n) is 5.53. The van der Waals surface area contributed by atoms with Crippen molar-refractivity contribution in [3.63, 3.8) is 0 Å². The van der Waals surface area contributed by atoms with Gasteiger partial charge in [0, 0.05) is 25.1 Å². The first kappa shape index (κ1) is 17.7. The SMILES string of the molecule is CS(=O)(=O)N1CCC(C(=O)NCCOc2cccc(F)c2)CC1. The predicted octanol–water partition coefficient (Wildman–Crippen LogP) is 0.992. The normalized spacial score (nSPS) is 17.0. The van der Waals surface area contributed by atoms with Crippen LogP contribution in [0.5, 0.6) is 5.75 Å². The third-order valence-electron chi connectivity index (χ3n) is 3.76. The third-order valence-corrected chi connectivity index (χ3v) is 5.06. The Labute approximate surface area is 135 Å². The second kappa shape index (κ2) is 7.74. The summed E-state index contributed by atoms with van der Waals surface area (Å²) in [6.45, 7) is 1.31. The van der Waals surface area contributed by atoms with E-state index in [-0.39, 0.29) is 24.2 Å². The van der Waals surface area contributed by atoms with Gasteiger partial charge in [-0.3, -0.25) is 4.79 Å². The fraction of sp³-hybridized carbons (Fsp3) is 0.533. The van der Waals surface area contributed by atoms with E-state index in [0.717, 1.165) is 0 Å². The van der Waals surface area contributed by atoms with Crippen LogP contribution >= 0.6 is 0 Å². The van der Waals surface area contributed by atoms with Gasteiger partial charge in [-0.25, -0.2) is 17.1 Å². The number of sulfonamides is 1. The number of piperidine rings is 1. The molecule has 0 atom stereocenters. The van der Waals surface area contributed by atoms with Gasteiger partial charge in [-0.15, -0.1) is 0 Å². The predicted molar refractivity (Wildman–Crippen MR) is 84.0 cm³/mol. The van der Waals surface area contributed by atoms with E-state index in [0.29, 0.717) is 38.2 Å². The smallest absolute Gasteiger partial charge is 0.223 e. The monoisotopic (exact) mass is 344 g/mol. The van der Waals surface area contributed by atoms with Crippen molar-refractivity contribution in [3.8, 4) is 5.75 Å². The molecule has 1 fully saturated rings. The molecule has 1 N–H and O–H groups in total. The summed E-state index contributed by atoms with van der Waals surface area (Å²) in [5.41, 5.74) is 0. The number of amides is 1. The summed E-state index contributed by atoms with van der Waals surface area (Å²) in [5.74, 6) is -0.229. The summed E-state index contributed by atoms with van der Waals surface area (Å²) < 4.78 is 42.5. The summed E-state index contributed by atoms with van der Waals surface area (Å²) in [7, 11) is -3.18. The van der Waals surface area contributed by atoms with E-state index in [1.165, 1.54) is 22.7 Å². The summed E-state index contributed by atoms with van der Waals surface area (Å²) in [6.07, 6.45) is 2.21. The molecule has 0 unspecified atom stereocenters. The average Bonchev–Trinajstić information content (AvgIpc) is 2.51. The molecule has 0 radical (unpaired) electrons. The molecule has 2 rings (SSSR count). The van der Waals surface area contributed by atoms with Gasteiger partial charge >= 0.3 is 0 Å². The number of rotatable bonds is 6. The lowest BCUT2D eigenvalue weighted by Crippen LogP contribution is -2.43. The van der Waals surface area contributed by atoms with Crippen molar-refractivity contribution < 1.29 is 22.3 Å². The maximum Gasteiger partial charge on any atom is 0.223 e. The molecule has 1 aliphatic heterocycles. The van der Waals surface area contributed by atoms with Crippen LogP contribution in [0.15, 0.2) is 24.3 Å². The Bertz CT molecular complexity index is 643. The van der Waals surface area contributed by atoms with Crippen molar-refractivity contribution in [3.05, 3.63) is 30.1 Å². The van der Waals surface area contributed by atoms with E-state index in [1.54, 1.807) is 12.1 Å². The topological polar surface area (TPSA) is 75.7 Å². The lowest BCUT2D eigenvalue weighted by atomic mass is 9.97. The highest BCUT2D eigenvalue weighted by Gasteiger charge is 2.28. The Hall–Kier alpha value is -1.67. The first-order valence-corrected chi connectivity index (χ1v) is 9.32. The van der Waals surface area contributed by atoms with Crippen LogP contribution in [0.3, 0.4) is 0 Å². The maximum absolute atomic E-state index is 13.0. The fourth-order valence-corrected chi connectivity index (χ4v) is 3.37. The van der Waals surface area contributed by atoms with Crippen LogP contribution in [0.2, 0.25) is 0 Å². The van der Waals surface area contributed by atoms with E-state index >= 15 is 0 Å². The van der Waals surface area contributed by atoms with Crippen LogP contribution in [0, 0.1) is 11.7 Å². The van der Waals surface area contributed by atoms with Crippen LogP contribution in [0.25, 0.3) is 0 Å². The summed E-state index contributed by atoms with van der Waals surface area (Å²) in [5, 5.41) is 2.77. The lowest BCUT2D eigenvalue weighted by molar-refractivity contribution is -0.126. The third kappa shape index (κ3) is 5.47. The molecular weight excluding hydrogens is 323 g/mol. The molecule has 0 spiro atoms. The Kier molecular flexibility index (Phi) is 5.95. The standard InChI is InChI=1S/C15H21FN2O4S/c1-23(20,21)18-8-5-12(6-9-18)15(19)17-7-10-22-14-4-2-3-13(16)11-14/h2-4,11-12H,5-10H2,1H3,(H,17,19). The van der Waals surface area contributed by atoms with Crippen molar-refractivity contribution in [2.45, 2.75) is 12.8 Å². The van der Waals surface area contributed by atoms with Gasteiger partial charge in [0.1, 0.15) is 18.2 Å². The zero-order valence-electron chi connectivity index (χ0n) is 13.0.